The van der Waals surface area contributed by atoms with Crippen molar-refractivity contribution in [2.24, 2.45) is 0 Å². The Balaban J connectivity index is 2.68. The SMILES string of the molecule is CCc1ccc(C=CC(=O)OC)cc1. The Kier molecular flexibility index (Phi) is 3.92. The molecule has 0 amide bonds. The van der Waals surface area contributed by atoms with Crippen LogP contribution >= 0.6 is 0 Å². The number of carbonyl (C=O) groups excluding carboxylic acids is 1. The van der Waals surface area contributed by atoms with E-state index in [1.807, 2.05) is 12.1 Å². The molecule has 1 aromatic carbocycles. The average Bonchev–Trinajstić information content (AvgIpc) is 2.26. The lowest BCUT2D eigenvalue weighted by molar-refractivity contribution is -0.134. The van der Waals surface area contributed by atoms with E-state index in [4.69, 9.17) is 0 Å². The predicted molar refractivity (Wildman–Crippen MR) is 56.9 cm³/mol. The van der Waals surface area contributed by atoms with Crippen molar-refractivity contribution in [3.05, 3.63) is 41.5 Å². The second kappa shape index (κ2) is 5.22. The van der Waals surface area contributed by atoms with Gasteiger partial charge in [0, 0.05) is 6.08 Å². The molecule has 0 unspecified atom stereocenters. The van der Waals surface area contributed by atoms with Crippen LogP contribution in [0.4, 0.5) is 0 Å². The van der Waals surface area contributed by atoms with E-state index in [2.05, 4.69) is 23.8 Å². The van der Waals surface area contributed by atoms with Crippen LogP contribution < -0.4 is 0 Å². The number of rotatable bonds is 3. The van der Waals surface area contributed by atoms with Gasteiger partial charge < -0.3 is 4.74 Å². The lowest BCUT2D eigenvalue weighted by atomic mass is 10.1. The Morgan fingerprint density at radius 1 is 1.36 bits per heavy atom. The van der Waals surface area contributed by atoms with Crippen LogP contribution in [0.3, 0.4) is 0 Å². The summed E-state index contributed by atoms with van der Waals surface area (Å²) in [5, 5.41) is 0. The van der Waals surface area contributed by atoms with Crippen LogP contribution in [0.2, 0.25) is 0 Å². The molecule has 0 fully saturated rings. The average molecular weight is 190 g/mol. The molecular weight excluding hydrogens is 176 g/mol. The molecule has 0 saturated heterocycles. The molecule has 0 atom stereocenters. The van der Waals surface area contributed by atoms with Gasteiger partial charge in [-0.05, 0) is 23.6 Å². The van der Waals surface area contributed by atoms with E-state index in [0.29, 0.717) is 0 Å². The summed E-state index contributed by atoms with van der Waals surface area (Å²) >= 11 is 0. The fourth-order valence-electron chi connectivity index (χ4n) is 1.10. The van der Waals surface area contributed by atoms with Crippen LogP contribution in [-0.2, 0) is 16.0 Å². The maximum atomic E-state index is 10.8. The summed E-state index contributed by atoms with van der Waals surface area (Å²) in [6.45, 7) is 2.11. The first kappa shape index (κ1) is 10.5. The molecule has 0 aromatic heterocycles. The van der Waals surface area contributed by atoms with Gasteiger partial charge in [0.15, 0.2) is 0 Å². The first-order valence-electron chi connectivity index (χ1n) is 4.61. The number of esters is 1. The number of carbonyl (C=O) groups is 1. The zero-order valence-corrected chi connectivity index (χ0v) is 8.49. The van der Waals surface area contributed by atoms with Gasteiger partial charge in [-0.2, -0.15) is 0 Å². The minimum absolute atomic E-state index is 0.329. The van der Waals surface area contributed by atoms with Crippen molar-refractivity contribution in [1.29, 1.82) is 0 Å². The third kappa shape index (κ3) is 3.05. The van der Waals surface area contributed by atoms with Crippen molar-refractivity contribution in [2.45, 2.75) is 13.3 Å². The second-order valence-electron chi connectivity index (χ2n) is 2.95. The highest BCUT2D eigenvalue weighted by molar-refractivity contribution is 5.86. The van der Waals surface area contributed by atoms with Crippen LogP contribution in [-0.4, -0.2) is 13.1 Å². The standard InChI is InChI=1S/C12H14O2/c1-3-10-4-6-11(7-5-10)8-9-12(13)14-2/h4-9H,3H2,1-2H3. The van der Waals surface area contributed by atoms with Gasteiger partial charge in [-0.15, -0.1) is 0 Å². The highest BCUT2D eigenvalue weighted by Gasteiger charge is 1.92. The Bertz CT molecular complexity index is 323. The number of aryl methyl sites for hydroxylation is 1. The molecule has 74 valence electrons. The Morgan fingerprint density at radius 3 is 2.50 bits per heavy atom. The van der Waals surface area contributed by atoms with Crippen molar-refractivity contribution >= 4 is 12.0 Å². The maximum absolute atomic E-state index is 10.8. The van der Waals surface area contributed by atoms with Crippen molar-refractivity contribution < 1.29 is 9.53 Å². The predicted octanol–water partition coefficient (Wildman–Crippen LogP) is 2.44. The van der Waals surface area contributed by atoms with Gasteiger partial charge in [-0.25, -0.2) is 4.79 Å². The molecule has 0 radical (unpaired) electrons. The van der Waals surface area contributed by atoms with Crippen molar-refractivity contribution in [2.75, 3.05) is 7.11 Å². The number of benzene rings is 1. The zero-order valence-electron chi connectivity index (χ0n) is 8.49. The molecule has 0 aliphatic carbocycles. The molecule has 0 saturated carbocycles. The van der Waals surface area contributed by atoms with Crippen LogP contribution in [0, 0.1) is 0 Å². The summed E-state index contributed by atoms with van der Waals surface area (Å²) in [5.74, 6) is -0.329. The summed E-state index contributed by atoms with van der Waals surface area (Å²) in [5.41, 5.74) is 2.30. The normalized spacial score (nSPS) is 10.4. The fourth-order valence-corrected chi connectivity index (χ4v) is 1.10. The molecule has 0 spiro atoms. The van der Waals surface area contributed by atoms with E-state index in [-0.39, 0.29) is 5.97 Å². The molecule has 0 heterocycles. The molecule has 0 N–H and O–H groups in total. The highest BCUT2D eigenvalue weighted by atomic mass is 16.5. The summed E-state index contributed by atoms with van der Waals surface area (Å²) < 4.78 is 4.49. The van der Waals surface area contributed by atoms with Gasteiger partial charge in [0.2, 0.25) is 0 Å². The van der Waals surface area contributed by atoms with E-state index in [0.717, 1.165) is 12.0 Å². The first-order chi connectivity index (χ1) is 6.76. The molecule has 1 rings (SSSR count). The van der Waals surface area contributed by atoms with E-state index in [1.54, 1.807) is 6.08 Å². The van der Waals surface area contributed by atoms with Crippen molar-refractivity contribution in [3.8, 4) is 0 Å². The third-order valence-corrected chi connectivity index (χ3v) is 2.00. The summed E-state index contributed by atoms with van der Waals surface area (Å²) in [6.07, 6.45) is 4.19. The largest absolute Gasteiger partial charge is 0.466 e. The molecular formula is C12H14O2. The second-order valence-corrected chi connectivity index (χ2v) is 2.95. The minimum Gasteiger partial charge on any atom is -0.466 e. The zero-order chi connectivity index (χ0) is 10.4. The lowest BCUT2D eigenvalue weighted by Crippen LogP contribution is -1.93. The Labute approximate surface area is 84.2 Å². The van der Waals surface area contributed by atoms with Crippen LogP contribution in [0.5, 0.6) is 0 Å². The molecule has 0 aliphatic rings. The molecule has 2 heteroatoms. The van der Waals surface area contributed by atoms with Gasteiger partial charge >= 0.3 is 5.97 Å². The minimum atomic E-state index is -0.329. The number of hydrogen-bond donors (Lipinski definition) is 0. The lowest BCUT2D eigenvalue weighted by Gasteiger charge is -1.96. The van der Waals surface area contributed by atoms with Gasteiger partial charge in [-0.1, -0.05) is 31.2 Å². The van der Waals surface area contributed by atoms with E-state index < -0.39 is 0 Å². The van der Waals surface area contributed by atoms with Crippen molar-refractivity contribution in [1.82, 2.24) is 0 Å². The number of ether oxygens (including phenoxy) is 1. The summed E-state index contributed by atoms with van der Waals surface area (Å²) in [6, 6.07) is 8.07. The van der Waals surface area contributed by atoms with Crippen LogP contribution in [0.1, 0.15) is 18.1 Å². The quantitative estimate of drug-likeness (QED) is 0.540. The number of methoxy groups -OCH3 is 1. The molecule has 0 bridgehead atoms. The van der Waals surface area contributed by atoms with Gasteiger partial charge in [0.25, 0.3) is 0 Å². The Morgan fingerprint density at radius 2 is 2.00 bits per heavy atom. The molecule has 2 nitrogen and oxygen atoms in total. The van der Waals surface area contributed by atoms with Crippen LogP contribution in [0.25, 0.3) is 6.08 Å². The monoisotopic (exact) mass is 190 g/mol. The Hall–Kier alpha value is -1.57. The van der Waals surface area contributed by atoms with E-state index >= 15 is 0 Å². The van der Waals surface area contributed by atoms with Gasteiger partial charge in [0.1, 0.15) is 0 Å². The van der Waals surface area contributed by atoms with E-state index in [9.17, 15) is 4.79 Å². The fraction of sp³-hybridized carbons (Fsp3) is 0.250. The van der Waals surface area contributed by atoms with E-state index in [1.165, 1.54) is 18.7 Å². The van der Waals surface area contributed by atoms with Crippen molar-refractivity contribution in [3.63, 3.8) is 0 Å². The summed E-state index contributed by atoms with van der Waals surface area (Å²) in [4.78, 5) is 10.8. The van der Waals surface area contributed by atoms with Gasteiger partial charge in [-0.3, -0.25) is 0 Å². The topological polar surface area (TPSA) is 26.3 Å². The van der Waals surface area contributed by atoms with Gasteiger partial charge in [0.05, 0.1) is 7.11 Å². The third-order valence-electron chi connectivity index (χ3n) is 2.00. The molecule has 1 aromatic rings. The number of hydrogen-bond acceptors (Lipinski definition) is 2. The summed E-state index contributed by atoms with van der Waals surface area (Å²) in [7, 11) is 1.37. The first-order valence-corrected chi connectivity index (χ1v) is 4.61. The smallest absolute Gasteiger partial charge is 0.330 e. The highest BCUT2D eigenvalue weighted by Crippen LogP contribution is 2.06. The molecule has 14 heavy (non-hydrogen) atoms. The van der Waals surface area contributed by atoms with Crippen LogP contribution in [0.15, 0.2) is 30.3 Å². The molecule has 0 aliphatic heterocycles. The maximum Gasteiger partial charge on any atom is 0.330 e.